The lowest BCUT2D eigenvalue weighted by Crippen LogP contribution is -2.16. The normalized spacial score (nSPS) is 11.4. The Hall–Kier alpha value is -0.533. The van der Waals surface area contributed by atoms with E-state index in [4.69, 9.17) is 11.1 Å². The maximum absolute atomic E-state index is 6.29. The lowest BCUT2D eigenvalue weighted by molar-refractivity contribution is 1.10. The van der Waals surface area contributed by atoms with Crippen LogP contribution in [0, 0.1) is 0 Å². The van der Waals surface area contributed by atoms with Crippen LogP contribution in [0.25, 0.3) is 6.08 Å². The fourth-order valence-electron chi connectivity index (χ4n) is 1.39. The topological polar surface area (TPSA) is 0 Å². The third kappa shape index (κ3) is 3.68. The van der Waals surface area contributed by atoms with E-state index in [0.717, 1.165) is 12.5 Å². The SMILES string of the molecule is C=Cc1ccccc1CC[Si](C)(C)Cl. The molecule has 14 heavy (non-hydrogen) atoms. The summed E-state index contributed by atoms with van der Waals surface area (Å²) >= 11 is 6.29. The summed E-state index contributed by atoms with van der Waals surface area (Å²) in [5.74, 6) is 0. The fraction of sp³-hybridized carbons (Fsp3) is 0.333. The predicted octanol–water partition coefficient (Wildman–Crippen LogP) is 4.32. The van der Waals surface area contributed by atoms with Gasteiger partial charge in [-0.15, -0.1) is 0 Å². The molecule has 2 heteroatoms. The standard InChI is InChI=1S/C12H17ClSi/c1-4-11-7-5-6-8-12(11)9-10-14(2,3)13/h4-8H,1,9-10H2,2-3H3. The summed E-state index contributed by atoms with van der Waals surface area (Å²) in [7, 11) is -1.44. The minimum absolute atomic E-state index is 1.07. The van der Waals surface area contributed by atoms with Gasteiger partial charge in [0.05, 0.1) is 0 Å². The van der Waals surface area contributed by atoms with Crippen LogP contribution >= 0.6 is 11.1 Å². The molecular weight excluding hydrogens is 208 g/mol. The van der Waals surface area contributed by atoms with Crippen molar-refractivity contribution < 1.29 is 0 Å². The molecule has 0 bridgehead atoms. The molecule has 0 saturated heterocycles. The highest BCUT2D eigenvalue weighted by atomic mass is 35.6. The first-order valence-corrected chi connectivity index (χ1v) is 9.14. The number of hydrogen-bond donors (Lipinski definition) is 0. The Kier molecular flexibility index (Phi) is 3.96. The highest BCUT2D eigenvalue weighted by Gasteiger charge is 2.16. The van der Waals surface area contributed by atoms with E-state index >= 15 is 0 Å². The second kappa shape index (κ2) is 4.81. The van der Waals surface area contributed by atoms with Gasteiger partial charge in [0, 0.05) is 0 Å². The Morgan fingerprint density at radius 2 is 2.00 bits per heavy atom. The third-order valence-corrected chi connectivity index (χ3v) is 4.27. The molecule has 0 fully saturated rings. The number of aryl methyl sites for hydroxylation is 1. The van der Waals surface area contributed by atoms with Crippen molar-refractivity contribution in [2.45, 2.75) is 25.6 Å². The molecule has 0 aliphatic carbocycles. The van der Waals surface area contributed by atoms with Crippen LogP contribution in [-0.2, 0) is 6.42 Å². The van der Waals surface area contributed by atoms with Gasteiger partial charge in [-0.1, -0.05) is 50.0 Å². The van der Waals surface area contributed by atoms with Gasteiger partial charge < -0.3 is 0 Å². The van der Waals surface area contributed by atoms with Crippen molar-refractivity contribution in [1.29, 1.82) is 0 Å². The van der Waals surface area contributed by atoms with Crippen molar-refractivity contribution in [3.63, 3.8) is 0 Å². The molecule has 0 spiro atoms. The predicted molar refractivity (Wildman–Crippen MR) is 68.4 cm³/mol. The molecule has 0 atom stereocenters. The average molecular weight is 225 g/mol. The molecule has 1 aromatic carbocycles. The van der Waals surface area contributed by atoms with Gasteiger partial charge in [0.25, 0.3) is 0 Å². The van der Waals surface area contributed by atoms with Crippen molar-refractivity contribution >= 4 is 24.5 Å². The average Bonchev–Trinajstić information content (AvgIpc) is 2.14. The summed E-state index contributed by atoms with van der Waals surface area (Å²) in [6.07, 6.45) is 2.99. The van der Waals surface area contributed by atoms with E-state index in [0.29, 0.717) is 0 Å². The Balaban J connectivity index is 2.71. The molecule has 0 radical (unpaired) electrons. The molecule has 0 aliphatic heterocycles. The minimum atomic E-state index is -1.44. The van der Waals surface area contributed by atoms with E-state index in [1.807, 2.05) is 12.1 Å². The van der Waals surface area contributed by atoms with Crippen LogP contribution < -0.4 is 0 Å². The summed E-state index contributed by atoms with van der Waals surface area (Å²) < 4.78 is 0. The van der Waals surface area contributed by atoms with Crippen molar-refractivity contribution in [1.82, 2.24) is 0 Å². The van der Waals surface area contributed by atoms with Crippen LogP contribution in [0.2, 0.25) is 19.1 Å². The first kappa shape index (κ1) is 11.5. The van der Waals surface area contributed by atoms with Crippen LogP contribution in [0.5, 0.6) is 0 Å². The number of hydrogen-bond acceptors (Lipinski definition) is 0. The fourth-order valence-corrected chi connectivity index (χ4v) is 2.54. The van der Waals surface area contributed by atoms with E-state index in [1.165, 1.54) is 11.1 Å². The lowest BCUT2D eigenvalue weighted by atomic mass is 10.1. The minimum Gasteiger partial charge on any atom is -0.168 e. The number of halogens is 1. The van der Waals surface area contributed by atoms with Crippen LogP contribution in [-0.4, -0.2) is 7.38 Å². The van der Waals surface area contributed by atoms with E-state index in [-0.39, 0.29) is 0 Å². The molecule has 1 rings (SSSR count). The van der Waals surface area contributed by atoms with Gasteiger partial charge in [0.2, 0.25) is 0 Å². The van der Waals surface area contributed by atoms with Crippen molar-refractivity contribution in [3.05, 3.63) is 42.0 Å². The molecule has 0 heterocycles. The van der Waals surface area contributed by atoms with Crippen molar-refractivity contribution in [3.8, 4) is 0 Å². The third-order valence-electron chi connectivity index (χ3n) is 2.26. The van der Waals surface area contributed by atoms with Crippen LogP contribution in [0.1, 0.15) is 11.1 Å². The van der Waals surface area contributed by atoms with E-state index in [9.17, 15) is 0 Å². The van der Waals surface area contributed by atoms with Gasteiger partial charge >= 0.3 is 0 Å². The first-order valence-electron chi connectivity index (χ1n) is 4.92. The zero-order valence-electron chi connectivity index (χ0n) is 8.89. The molecular formula is C12H17ClSi. The molecule has 0 aliphatic rings. The zero-order chi connectivity index (χ0) is 10.6. The highest BCUT2D eigenvalue weighted by Crippen LogP contribution is 2.20. The van der Waals surface area contributed by atoms with Gasteiger partial charge in [0.15, 0.2) is 7.38 Å². The Morgan fingerprint density at radius 1 is 1.36 bits per heavy atom. The smallest absolute Gasteiger partial charge is 0.150 e. The Bertz CT molecular complexity index is 312. The second-order valence-corrected chi connectivity index (χ2v) is 11.1. The Morgan fingerprint density at radius 3 is 2.57 bits per heavy atom. The second-order valence-electron chi connectivity index (χ2n) is 4.12. The summed E-state index contributed by atoms with van der Waals surface area (Å²) in [5.41, 5.74) is 2.60. The molecule has 76 valence electrons. The summed E-state index contributed by atoms with van der Waals surface area (Å²) in [5, 5.41) is 0. The molecule has 0 saturated carbocycles. The van der Waals surface area contributed by atoms with Crippen LogP contribution in [0.3, 0.4) is 0 Å². The molecule has 0 aromatic heterocycles. The monoisotopic (exact) mass is 224 g/mol. The maximum Gasteiger partial charge on any atom is 0.150 e. The van der Waals surface area contributed by atoms with Crippen LogP contribution in [0.4, 0.5) is 0 Å². The highest BCUT2D eigenvalue weighted by molar-refractivity contribution is 7.19. The molecule has 0 N–H and O–H groups in total. The van der Waals surface area contributed by atoms with Gasteiger partial charge in [-0.3, -0.25) is 0 Å². The van der Waals surface area contributed by atoms with Crippen LogP contribution in [0.15, 0.2) is 30.8 Å². The molecule has 0 unspecified atom stereocenters. The first-order chi connectivity index (χ1) is 6.53. The van der Waals surface area contributed by atoms with Gasteiger partial charge in [-0.25, -0.2) is 0 Å². The van der Waals surface area contributed by atoms with E-state index in [2.05, 4.69) is 37.9 Å². The largest absolute Gasteiger partial charge is 0.168 e. The van der Waals surface area contributed by atoms with E-state index in [1.54, 1.807) is 0 Å². The van der Waals surface area contributed by atoms with Gasteiger partial charge in [-0.05, 0) is 23.6 Å². The molecule has 0 amide bonds. The molecule has 0 nitrogen and oxygen atoms in total. The maximum atomic E-state index is 6.29. The summed E-state index contributed by atoms with van der Waals surface area (Å²) in [6.45, 7) is 8.19. The summed E-state index contributed by atoms with van der Waals surface area (Å²) in [6, 6.07) is 9.51. The number of rotatable bonds is 4. The Labute approximate surface area is 92.3 Å². The lowest BCUT2D eigenvalue weighted by Gasteiger charge is -2.13. The van der Waals surface area contributed by atoms with Crippen molar-refractivity contribution in [2.75, 3.05) is 0 Å². The number of benzene rings is 1. The van der Waals surface area contributed by atoms with Gasteiger partial charge in [0.1, 0.15) is 0 Å². The van der Waals surface area contributed by atoms with E-state index < -0.39 is 7.38 Å². The van der Waals surface area contributed by atoms with Gasteiger partial charge in [-0.2, -0.15) is 11.1 Å². The van der Waals surface area contributed by atoms with Crippen molar-refractivity contribution in [2.24, 2.45) is 0 Å². The quantitative estimate of drug-likeness (QED) is 0.528. The zero-order valence-corrected chi connectivity index (χ0v) is 10.6. The summed E-state index contributed by atoms with van der Waals surface area (Å²) in [4.78, 5) is 0. The molecule has 1 aromatic rings.